The molecule has 0 fully saturated rings. The molecule has 170 valence electrons. The largest absolute Gasteiger partial charge is 0.368 e. The molecular formula is C24H30N4O4. The number of carbonyl (C=O) groups excluding carboxylic acids is 4. The molecule has 2 rings (SSSR count). The van der Waals surface area contributed by atoms with E-state index in [2.05, 4.69) is 16.0 Å². The molecule has 0 aliphatic heterocycles. The van der Waals surface area contributed by atoms with Crippen molar-refractivity contribution in [1.82, 2.24) is 16.0 Å². The molecule has 32 heavy (non-hydrogen) atoms. The highest BCUT2D eigenvalue weighted by molar-refractivity contribution is 5.88. The number of benzene rings is 2. The molecule has 2 unspecified atom stereocenters. The summed E-state index contributed by atoms with van der Waals surface area (Å²) in [7, 11) is 0. The minimum absolute atomic E-state index is 0.0262. The van der Waals surface area contributed by atoms with Gasteiger partial charge >= 0.3 is 0 Å². The Kier molecular flexibility index (Phi) is 9.41. The molecule has 0 saturated carbocycles. The van der Waals surface area contributed by atoms with E-state index in [0.29, 0.717) is 6.42 Å². The lowest BCUT2D eigenvalue weighted by Gasteiger charge is -2.18. The average molecular weight is 439 g/mol. The van der Waals surface area contributed by atoms with E-state index < -0.39 is 23.9 Å². The van der Waals surface area contributed by atoms with E-state index in [-0.39, 0.29) is 31.2 Å². The number of amides is 4. The third-order valence-corrected chi connectivity index (χ3v) is 4.87. The summed E-state index contributed by atoms with van der Waals surface area (Å²) in [5.74, 6) is -1.74. The van der Waals surface area contributed by atoms with E-state index in [1.54, 1.807) is 0 Å². The van der Waals surface area contributed by atoms with Crippen LogP contribution >= 0.6 is 0 Å². The van der Waals surface area contributed by atoms with Gasteiger partial charge in [-0.1, -0.05) is 60.2 Å². The standard InChI is InChI=1S/C24H30N4O4/c1-16-8-10-19(11-9-16)15-21(27-17(2)29)24(32)26-13-12-22(30)28-20(23(25)31)14-18-6-4-3-5-7-18/h3-11,20-21H,12-15H2,1-2H3,(H2,25,31)(H,26,32)(H,27,29)(H,28,30). The minimum Gasteiger partial charge on any atom is -0.368 e. The highest BCUT2D eigenvalue weighted by Crippen LogP contribution is 2.07. The lowest BCUT2D eigenvalue weighted by Crippen LogP contribution is -2.49. The van der Waals surface area contributed by atoms with Crippen LogP contribution in [0.5, 0.6) is 0 Å². The molecule has 0 spiro atoms. The fourth-order valence-electron chi connectivity index (χ4n) is 3.18. The predicted octanol–water partition coefficient (Wildman–Crippen LogP) is 0.761. The van der Waals surface area contributed by atoms with Crippen LogP contribution in [-0.2, 0) is 32.0 Å². The van der Waals surface area contributed by atoms with Crippen molar-refractivity contribution in [3.63, 3.8) is 0 Å². The highest BCUT2D eigenvalue weighted by atomic mass is 16.2. The third-order valence-electron chi connectivity index (χ3n) is 4.87. The molecule has 2 aromatic carbocycles. The first kappa shape index (κ1) is 24.6. The normalized spacial score (nSPS) is 12.3. The monoisotopic (exact) mass is 438 g/mol. The van der Waals surface area contributed by atoms with Crippen molar-refractivity contribution in [3.8, 4) is 0 Å². The Balaban J connectivity index is 1.86. The molecule has 8 heteroatoms. The van der Waals surface area contributed by atoms with Crippen molar-refractivity contribution >= 4 is 23.6 Å². The SMILES string of the molecule is CC(=O)NC(Cc1ccc(C)cc1)C(=O)NCCC(=O)NC(Cc1ccccc1)C(N)=O. The highest BCUT2D eigenvalue weighted by Gasteiger charge is 2.21. The van der Waals surface area contributed by atoms with Gasteiger partial charge < -0.3 is 21.7 Å². The summed E-state index contributed by atoms with van der Waals surface area (Å²) in [6, 6.07) is 15.3. The number of carbonyl (C=O) groups is 4. The van der Waals surface area contributed by atoms with Crippen molar-refractivity contribution in [1.29, 1.82) is 0 Å². The van der Waals surface area contributed by atoms with E-state index in [0.717, 1.165) is 16.7 Å². The summed E-state index contributed by atoms with van der Waals surface area (Å²) >= 11 is 0. The van der Waals surface area contributed by atoms with Crippen LogP contribution in [0.1, 0.15) is 30.0 Å². The zero-order valence-corrected chi connectivity index (χ0v) is 18.4. The number of nitrogens with one attached hydrogen (secondary N) is 3. The second-order valence-electron chi connectivity index (χ2n) is 7.70. The van der Waals surface area contributed by atoms with Crippen LogP contribution < -0.4 is 21.7 Å². The number of hydrogen-bond donors (Lipinski definition) is 4. The molecule has 0 aliphatic rings. The number of primary amides is 1. The molecule has 0 heterocycles. The van der Waals surface area contributed by atoms with Crippen LogP contribution in [0.25, 0.3) is 0 Å². The molecule has 0 radical (unpaired) electrons. The molecule has 0 aromatic heterocycles. The Morgan fingerprint density at radius 1 is 0.844 bits per heavy atom. The van der Waals surface area contributed by atoms with Gasteiger partial charge in [-0.3, -0.25) is 19.2 Å². The molecule has 2 aromatic rings. The lowest BCUT2D eigenvalue weighted by molar-refractivity contribution is -0.129. The van der Waals surface area contributed by atoms with Gasteiger partial charge in [0.05, 0.1) is 0 Å². The second-order valence-corrected chi connectivity index (χ2v) is 7.70. The number of nitrogens with two attached hydrogens (primary N) is 1. The van der Waals surface area contributed by atoms with Crippen molar-refractivity contribution < 1.29 is 19.2 Å². The van der Waals surface area contributed by atoms with Crippen molar-refractivity contribution in [2.24, 2.45) is 5.73 Å². The summed E-state index contributed by atoms with van der Waals surface area (Å²) in [6.07, 6.45) is 0.593. The van der Waals surface area contributed by atoms with E-state index >= 15 is 0 Å². The van der Waals surface area contributed by atoms with E-state index in [1.807, 2.05) is 61.5 Å². The first-order valence-electron chi connectivity index (χ1n) is 10.5. The maximum atomic E-state index is 12.6. The molecule has 5 N–H and O–H groups in total. The molecule has 2 atom stereocenters. The second kappa shape index (κ2) is 12.2. The van der Waals surface area contributed by atoms with Gasteiger partial charge in [-0.25, -0.2) is 0 Å². The molecule has 0 saturated heterocycles. The van der Waals surface area contributed by atoms with E-state index in [9.17, 15) is 19.2 Å². The van der Waals surface area contributed by atoms with Gasteiger partial charge in [-0.15, -0.1) is 0 Å². The predicted molar refractivity (Wildman–Crippen MR) is 121 cm³/mol. The van der Waals surface area contributed by atoms with Gasteiger partial charge in [0.1, 0.15) is 12.1 Å². The fraction of sp³-hybridized carbons (Fsp3) is 0.333. The van der Waals surface area contributed by atoms with Crippen LogP contribution in [-0.4, -0.2) is 42.3 Å². The van der Waals surface area contributed by atoms with Crippen molar-refractivity contribution in [3.05, 3.63) is 71.3 Å². The van der Waals surface area contributed by atoms with Gasteiger partial charge in [-0.2, -0.15) is 0 Å². The summed E-state index contributed by atoms with van der Waals surface area (Å²) in [6.45, 7) is 3.38. The van der Waals surface area contributed by atoms with Gasteiger partial charge in [-0.05, 0) is 18.1 Å². The topological polar surface area (TPSA) is 130 Å². The first-order chi connectivity index (χ1) is 15.2. The maximum Gasteiger partial charge on any atom is 0.242 e. The van der Waals surface area contributed by atoms with Gasteiger partial charge in [0.2, 0.25) is 23.6 Å². The van der Waals surface area contributed by atoms with Crippen LogP contribution in [0, 0.1) is 6.92 Å². The average Bonchev–Trinajstić information content (AvgIpc) is 2.74. The Bertz CT molecular complexity index is 929. The zero-order valence-electron chi connectivity index (χ0n) is 18.4. The lowest BCUT2D eigenvalue weighted by atomic mass is 10.0. The van der Waals surface area contributed by atoms with E-state index in [1.165, 1.54) is 6.92 Å². The molecule has 8 nitrogen and oxygen atoms in total. The number of aryl methyl sites for hydroxylation is 1. The maximum absolute atomic E-state index is 12.6. The Hall–Kier alpha value is -3.68. The Morgan fingerprint density at radius 3 is 2.03 bits per heavy atom. The zero-order chi connectivity index (χ0) is 23.5. The van der Waals surface area contributed by atoms with Crippen molar-refractivity contribution in [2.45, 2.75) is 45.2 Å². The van der Waals surface area contributed by atoms with Crippen LogP contribution in [0.4, 0.5) is 0 Å². The molecule has 4 amide bonds. The Morgan fingerprint density at radius 2 is 1.44 bits per heavy atom. The van der Waals surface area contributed by atoms with Gasteiger partial charge in [0.25, 0.3) is 0 Å². The quantitative estimate of drug-likeness (QED) is 0.413. The minimum atomic E-state index is -0.839. The van der Waals surface area contributed by atoms with Crippen LogP contribution in [0.15, 0.2) is 54.6 Å². The molecule has 0 aliphatic carbocycles. The van der Waals surface area contributed by atoms with E-state index in [4.69, 9.17) is 5.73 Å². The molecule has 0 bridgehead atoms. The first-order valence-corrected chi connectivity index (χ1v) is 10.5. The summed E-state index contributed by atoms with van der Waals surface area (Å²) in [5.41, 5.74) is 8.30. The number of rotatable bonds is 11. The number of hydrogen-bond acceptors (Lipinski definition) is 4. The smallest absolute Gasteiger partial charge is 0.242 e. The van der Waals surface area contributed by atoms with Crippen LogP contribution in [0.2, 0.25) is 0 Å². The van der Waals surface area contributed by atoms with Crippen molar-refractivity contribution in [2.75, 3.05) is 6.54 Å². The summed E-state index contributed by atoms with van der Waals surface area (Å²) in [5, 5.41) is 7.93. The fourth-order valence-corrected chi connectivity index (χ4v) is 3.18. The molecular weight excluding hydrogens is 408 g/mol. The summed E-state index contributed by atoms with van der Waals surface area (Å²) in [4.78, 5) is 48.1. The third kappa shape index (κ3) is 8.59. The van der Waals surface area contributed by atoms with Gasteiger partial charge in [0.15, 0.2) is 0 Å². The summed E-state index contributed by atoms with van der Waals surface area (Å²) < 4.78 is 0. The Labute approximate surface area is 188 Å². The van der Waals surface area contributed by atoms with Crippen LogP contribution in [0.3, 0.4) is 0 Å². The van der Waals surface area contributed by atoms with Gasteiger partial charge in [0, 0.05) is 32.7 Å².